The highest BCUT2D eigenvalue weighted by Crippen LogP contribution is 2.40. The number of ether oxygens (including phenoxy) is 8. The van der Waals surface area contributed by atoms with Gasteiger partial charge in [0.05, 0.1) is 47.8 Å². The Labute approximate surface area is 270 Å². The predicted octanol–water partition coefficient (Wildman–Crippen LogP) is 7.23. The molecule has 0 spiro atoms. The molecule has 0 aliphatic carbocycles. The molecule has 0 radical (unpaired) electrons. The summed E-state index contributed by atoms with van der Waals surface area (Å²) in [5.74, 6) is 3.69. The minimum atomic E-state index is -0.530. The van der Waals surface area contributed by atoms with E-state index < -0.39 is 5.97 Å². The largest absolute Gasteiger partial charge is 0.493 e. The highest BCUT2D eigenvalue weighted by atomic mass is 16.5. The summed E-state index contributed by atoms with van der Waals surface area (Å²) in [6.07, 6.45) is 2.34. The van der Waals surface area contributed by atoms with Crippen LogP contribution < -0.4 is 37.9 Å². The van der Waals surface area contributed by atoms with Gasteiger partial charge in [0.15, 0.2) is 34.5 Å². The number of rotatable bonds is 15. The molecule has 0 saturated heterocycles. The van der Waals surface area contributed by atoms with Crippen molar-refractivity contribution in [3.05, 3.63) is 72.1 Å². The third-order valence-corrected chi connectivity index (χ3v) is 7.08. The molecule has 10 nitrogen and oxygen atoms in total. The molecule has 0 aliphatic heterocycles. The average Bonchev–Trinajstić information content (AvgIpc) is 3.47. The van der Waals surface area contributed by atoms with Crippen molar-refractivity contribution in [3.8, 4) is 57.1 Å². The molecule has 0 saturated carbocycles. The van der Waals surface area contributed by atoms with Gasteiger partial charge in [0.1, 0.15) is 11.4 Å². The van der Waals surface area contributed by atoms with Crippen LogP contribution in [0.4, 0.5) is 0 Å². The maximum Gasteiger partial charge on any atom is 0.360 e. The molecule has 0 fully saturated rings. The Morgan fingerprint density at radius 1 is 0.630 bits per heavy atom. The van der Waals surface area contributed by atoms with Crippen molar-refractivity contribution < 1.29 is 42.7 Å². The van der Waals surface area contributed by atoms with Gasteiger partial charge in [-0.25, -0.2) is 4.79 Å². The first-order chi connectivity index (χ1) is 22.1. The van der Waals surface area contributed by atoms with Gasteiger partial charge in [-0.05, 0) is 76.1 Å². The fraction of sp³-hybridized carbons (Fsp3) is 0.361. The van der Waals surface area contributed by atoms with E-state index in [1.807, 2.05) is 68.8 Å². The van der Waals surface area contributed by atoms with E-state index in [0.29, 0.717) is 64.7 Å². The first-order valence-electron chi connectivity index (χ1n) is 15.0. The lowest BCUT2D eigenvalue weighted by Gasteiger charge is -2.16. The van der Waals surface area contributed by atoms with E-state index in [1.165, 1.54) is 0 Å². The predicted molar refractivity (Wildman–Crippen MR) is 176 cm³/mol. The third kappa shape index (κ3) is 7.80. The number of esters is 1. The zero-order chi connectivity index (χ0) is 33.4. The van der Waals surface area contributed by atoms with E-state index in [0.717, 1.165) is 16.7 Å². The van der Waals surface area contributed by atoms with Crippen molar-refractivity contribution in [2.45, 2.75) is 52.9 Å². The molecule has 0 unspecified atom stereocenters. The molecule has 0 atom stereocenters. The van der Waals surface area contributed by atoms with E-state index in [9.17, 15) is 4.79 Å². The molecule has 46 heavy (non-hydrogen) atoms. The Bertz CT molecular complexity index is 1640. The second-order valence-electron chi connectivity index (χ2n) is 11.0. The van der Waals surface area contributed by atoms with Crippen molar-refractivity contribution in [2.24, 2.45) is 0 Å². The van der Waals surface area contributed by atoms with Crippen molar-refractivity contribution in [1.82, 2.24) is 4.57 Å². The molecule has 0 amide bonds. The molecule has 1 heterocycles. The zero-order valence-corrected chi connectivity index (χ0v) is 28.0. The molecule has 0 aliphatic rings. The number of carbonyl (C=O) groups is 1. The van der Waals surface area contributed by atoms with E-state index in [4.69, 9.17) is 37.9 Å². The van der Waals surface area contributed by atoms with Crippen LogP contribution >= 0.6 is 0 Å². The number of hydrogen-bond acceptors (Lipinski definition) is 9. The summed E-state index contributed by atoms with van der Waals surface area (Å²) in [7, 11) is 7.89. The molecule has 246 valence electrons. The van der Waals surface area contributed by atoms with Crippen LogP contribution in [0.1, 0.15) is 43.7 Å². The fourth-order valence-corrected chi connectivity index (χ4v) is 5.05. The summed E-state index contributed by atoms with van der Waals surface area (Å²) in [4.78, 5) is 13.8. The molecule has 1 aromatic heterocycles. The lowest BCUT2D eigenvalue weighted by atomic mass is 10.1. The summed E-state index contributed by atoms with van der Waals surface area (Å²) in [5, 5.41) is 0. The van der Waals surface area contributed by atoms with E-state index in [-0.39, 0.29) is 12.2 Å². The number of hydrogen-bond donors (Lipinski definition) is 0. The van der Waals surface area contributed by atoms with E-state index >= 15 is 0 Å². The van der Waals surface area contributed by atoms with Gasteiger partial charge in [0, 0.05) is 29.9 Å². The highest BCUT2D eigenvalue weighted by Gasteiger charge is 2.21. The lowest BCUT2D eigenvalue weighted by Crippen LogP contribution is -2.16. The van der Waals surface area contributed by atoms with Gasteiger partial charge in [0.25, 0.3) is 0 Å². The summed E-state index contributed by atoms with van der Waals surface area (Å²) < 4.78 is 47.3. The first kappa shape index (κ1) is 33.9. The molecule has 10 heteroatoms. The Morgan fingerprint density at radius 2 is 1.26 bits per heavy atom. The average molecular weight is 634 g/mol. The number of methoxy groups -OCH3 is 5. The zero-order valence-electron chi connectivity index (χ0n) is 28.0. The summed E-state index contributed by atoms with van der Waals surface area (Å²) in [6.45, 7) is 8.18. The fourth-order valence-electron chi connectivity index (χ4n) is 5.05. The Balaban J connectivity index is 1.72. The van der Waals surface area contributed by atoms with Gasteiger partial charge in [0.2, 0.25) is 5.75 Å². The van der Waals surface area contributed by atoms with Crippen LogP contribution in [0.2, 0.25) is 0 Å². The molecule has 0 N–H and O–H groups in total. The molecular weight excluding hydrogens is 590 g/mol. The number of aromatic nitrogens is 1. The van der Waals surface area contributed by atoms with Crippen molar-refractivity contribution in [2.75, 3.05) is 35.5 Å². The van der Waals surface area contributed by atoms with Gasteiger partial charge < -0.3 is 42.5 Å². The second kappa shape index (κ2) is 15.3. The second-order valence-corrected chi connectivity index (χ2v) is 11.0. The van der Waals surface area contributed by atoms with Gasteiger partial charge in [-0.15, -0.1) is 0 Å². The van der Waals surface area contributed by atoms with Crippen molar-refractivity contribution in [3.63, 3.8) is 0 Å². The molecular formula is C36H43NO9. The van der Waals surface area contributed by atoms with Crippen LogP contribution in [0.3, 0.4) is 0 Å². The van der Waals surface area contributed by atoms with E-state index in [1.54, 1.807) is 59.8 Å². The minimum Gasteiger partial charge on any atom is -0.493 e. The Hall–Kier alpha value is -4.99. The first-order valence-corrected chi connectivity index (χ1v) is 15.0. The number of benzene rings is 3. The topological polar surface area (TPSA) is 95.8 Å². The van der Waals surface area contributed by atoms with Crippen molar-refractivity contribution in [1.29, 1.82) is 0 Å². The number of carbonyl (C=O) groups excluding carboxylic acids is 1. The van der Waals surface area contributed by atoms with Gasteiger partial charge in [-0.2, -0.15) is 0 Å². The van der Waals surface area contributed by atoms with Crippen molar-refractivity contribution >= 4 is 5.97 Å². The molecule has 4 aromatic rings. The van der Waals surface area contributed by atoms with Crippen LogP contribution in [0.15, 0.2) is 60.8 Å². The van der Waals surface area contributed by atoms with Crippen LogP contribution in [-0.4, -0.2) is 58.3 Å². The summed E-state index contributed by atoms with van der Waals surface area (Å²) >= 11 is 0. The van der Waals surface area contributed by atoms with Crippen LogP contribution in [0.25, 0.3) is 11.1 Å². The van der Waals surface area contributed by atoms with Crippen LogP contribution in [0, 0.1) is 0 Å². The maximum absolute atomic E-state index is 13.8. The Kier molecular flexibility index (Phi) is 11.3. The Morgan fingerprint density at radius 3 is 1.89 bits per heavy atom. The molecule has 0 bridgehead atoms. The summed E-state index contributed by atoms with van der Waals surface area (Å²) in [6, 6.07) is 16.3. The minimum absolute atomic E-state index is 0.0137. The molecule has 3 aromatic carbocycles. The van der Waals surface area contributed by atoms with E-state index in [2.05, 4.69) is 0 Å². The summed E-state index contributed by atoms with van der Waals surface area (Å²) in [5.41, 5.74) is 2.90. The SMILES string of the molecule is COc1cc(-c2cc(C(=O)Oc3ccc(OC)c(OC(C)C)c3)n(CCc3ccc(OC)c(OC)c3OC)c2)ccc1OC(C)C. The third-order valence-electron chi connectivity index (χ3n) is 7.08. The van der Waals surface area contributed by atoms with Gasteiger partial charge >= 0.3 is 5.97 Å². The lowest BCUT2D eigenvalue weighted by molar-refractivity contribution is 0.0722. The normalized spacial score (nSPS) is 10.9. The standard InChI is InChI=1S/C36H43NO9/c1-22(2)44-30-13-11-25(19-32(30)41-7)26-18-28(36(38)46-27-12-15-29(39-5)33(20-27)45-23(3)4)37(21-26)17-16-24-10-14-31(40-6)35(43-9)34(24)42-8/h10-15,18-23H,16-17H2,1-9H3. The quantitative estimate of drug-likeness (QED) is 0.0992. The maximum atomic E-state index is 13.8. The molecule has 4 rings (SSSR count). The van der Waals surface area contributed by atoms with Gasteiger partial charge in [-0.3, -0.25) is 0 Å². The smallest absolute Gasteiger partial charge is 0.360 e. The van der Waals surface area contributed by atoms with Crippen LogP contribution in [0.5, 0.6) is 46.0 Å². The monoisotopic (exact) mass is 633 g/mol. The number of nitrogens with zero attached hydrogens (tertiary/aromatic N) is 1. The van der Waals surface area contributed by atoms with Gasteiger partial charge in [-0.1, -0.05) is 12.1 Å². The number of aryl methyl sites for hydroxylation is 2. The highest BCUT2D eigenvalue weighted by molar-refractivity contribution is 5.91. The van der Waals surface area contributed by atoms with Crippen LogP contribution in [-0.2, 0) is 13.0 Å².